The summed E-state index contributed by atoms with van der Waals surface area (Å²) in [7, 11) is 0. The molecule has 2 heterocycles. The van der Waals surface area contributed by atoms with Crippen molar-refractivity contribution in [3.05, 3.63) is 23.0 Å². The first-order valence-electron chi connectivity index (χ1n) is 6.66. The summed E-state index contributed by atoms with van der Waals surface area (Å²) in [6.45, 7) is 5.38. The van der Waals surface area contributed by atoms with E-state index in [0.29, 0.717) is 6.54 Å². The summed E-state index contributed by atoms with van der Waals surface area (Å²) >= 11 is 0. The van der Waals surface area contributed by atoms with Crippen LogP contribution < -0.4 is 0 Å². The molecule has 1 atom stereocenters. The number of hydrogen-bond donors (Lipinski definition) is 2. The molecule has 2 N–H and O–H groups in total. The van der Waals surface area contributed by atoms with Crippen LogP contribution in [-0.4, -0.2) is 46.5 Å². The number of aromatic nitrogens is 1. The van der Waals surface area contributed by atoms with Crippen molar-refractivity contribution < 1.29 is 9.90 Å². The summed E-state index contributed by atoms with van der Waals surface area (Å²) in [5.74, 6) is 0.150. The highest BCUT2D eigenvalue weighted by Gasteiger charge is 2.24. The number of nitrogens with zero attached hydrogens (tertiary/aromatic N) is 1. The number of piperidine rings is 1. The third kappa shape index (κ3) is 2.82. The van der Waals surface area contributed by atoms with Crippen LogP contribution in [0.15, 0.2) is 6.07 Å². The molecule has 18 heavy (non-hydrogen) atoms. The lowest BCUT2D eigenvalue weighted by atomic mass is 10.0. The van der Waals surface area contributed by atoms with Crippen LogP contribution in [0.2, 0.25) is 0 Å². The van der Waals surface area contributed by atoms with Gasteiger partial charge in [0.2, 0.25) is 0 Å². The van der Waals surface area contributed by atoms with Crippen molar-refractivity contribution in [1.29, 1.82) is 0 Å². The van der Waals surface area contributed by atoms with Gasteiger partial charge in [0.25, 0.3) is 0 Å². The van der Waals surface area contributed by atoms with Crippen molar-refractivity contribution in [3.63, 3.8) is 0 Å². The van der Waals surface area contributed by atoms with Gasteiger partial charge in [-0.1, -0.05) is 6.42 Å². The van der Waals surface area contributed by atoms with Gasteiger partial charge in [-0.2, -0.15) is 0 Å². The Balaban J connectivity index is 2.04. The number of rotatable bonds is 4. The maximum Gasteiger partial charge on any atom is 0.178 e. The molecule has 0 bridgehead atoms. The number of ketones is 1. The lowest BCUT2D eigenvalue weighted by Crippen LogP contribution is -2.44. The van der Waals surface area contributed by atoms with Crippen molar-refractivity contribution in [3.8, 4) is 0 Å². The van der Waals surface area contributed by atoms with Crippen LogP contribution in [0.3, 0.4) is 0 Å². The lowest BCUT2D eigenvalue weighted by molar-refractivity contribution is 0.0711. The van der Waals surface area contributed by atoms with Crippen LogP contribution in [0, 0.1) is 13.8 Å². The highest BCUT2D eigenvalue weighted by Crippen LogP contribution is 2.18. The summed E-state index contributed by atoms with van der Waals surface area (Å²) < 4.78 is 0. The Morgan fingerprint density at radius 2 is 2.28 bits per heavy atom. The van der Waals surface area contributed by atoms with E-state index in [4.69, 9.17) is 0 Å². The van der Waals surface area contributed by atoms with Crippen LogP contribution in [0.1, 0.15) is 41.0 Å². The zero-order chi connectivity index (χ0) is 13.1. The lowest BCUT2D eigenvalue weighted by Gasteiger charge is -2.33. The first-order valence-corrected chi connectivity index (χ1v) is 6.66. The van der Waals surface area contributed by atoms with Crippen LogP contribution in [0.4, 0.5) is 0 Å². The molecule has 0 amide bonds. The second kappa shape index (κ2) is 5.67. The van der Waals surface area contributed by atoms with Crippen molar-refractivity contribution in [2.45, 2.75) is 39.2 Å². The first-order chi connectivity index (χ1) is 8.61. The number of carbonyl (C=O) groups is 1. The highest BCUT2D eigenvalue weighted by molar-refractivity contribution is 5.98. The van der Waals surface area contributed by atoms with E-state index in [2.05, 4.69) is 9.88 Å². The maximum absolute atomic E-state index is 12.3. The van der Waals surface area contributed by atoms with Gasteiger partial charge in [-0.3, -0.25) is 9.69 Å². The largest absolute Gasteiger partial charge is 0.395 e. The number of aryl methyl sites for hydroxylation is 2. The van der Waals surface area contributed by atoms with Gasteiger partial charge >= 0.3 is 0 Å². The molecular formula is C14H22N2O2. The Labute approximate surface area is 108 Å². The SMILES string of the molecule is Cc1cc(C(=O)CN2CCCCC2CO)c(C)[nH]1. The van der Waals surface area contributed by atoms with E-state index in [-0.39, 0.29) is 18.4 Å². The standard InChI is InChI=1S/C14H22N2O2/c1-10-7-13(11(2)15-10)14(18)8-16-6-4-3-5-12(16)9-17/h7,12,15,17H,3-6,8-9H2,1-2H3. The Kier molecular flexibility index (Phi) is 4.19. The molecule has 1 aromatic heterocycles. The van der Waals surface area contributed by atoms with E-state index < -0.39 is 0 Å². The summed E-state index contributed by atoms with van der Waals surface area (Å²) in [6, 6.07) is 2.07. The molecule has 0 saturated carbocycles. The Morgan fingerprint density at radius 3 is 2.89 bits per heavy atom. The molecule has 1 aromatic rings. The molecule has 1 aliphatic heterocycles. The molecule has 1 aliphatic rings. The summed E-state index contributed by atoms with van der Waals surface area (Å²) in [6.07, 6.45) is 3.27. The molecule has 4 heteroatoms. The third-order valence-electron chi connectivity index (χ3n) is 3.76. The number of aliphatic hydroxyl groups is 1. The number of likely N-dealkylation sites (tertiary alicyclic amines) is 1. The first kappa shape index (κ1) is 13.3. The van der Waals surface area contributed by atoms with E-state index in [0.717, 1.165) is 42.8 Å². The highest BCUT2D eigenvalue weighted by atomic mass is 16.3. The number of H-pyrrole nitrogens is 1. The molecular weight excluding hydrogens is 228 g/mol. The molecule has 0 aromatic carbocycles. The van der Waals surface area contributed by atoms with Gasteiger partial charge < -0.3 is 10.1 Å². The van der Waals surface area contributed by atoms with Gasteiger partial charge in [0, 0.05) is 23.0 Å². The van der Waals surface area contributed by atoms with E-state index in [9.17, 15) is 9.90 Å². The Hall–Kier alpha value is -1.13. The molecule has 2 rings (SSSR count). The van der Waals surface area contributed by atoms with Gasteiger partial charge in [-0.05, 0) is 39.3 Å². The summed E-state index contributed by atoms with van der Waals surface area (Å²) in [4.78, 5) is 17.5. The Morgan fingerprint density at radius 1 is 1.50 bits per heavy atom. The second-order valence-electron chi connectivity index (χ2n) is 5.22. The second-order valence-corrected chi connectivity index (χ2v) is 5.22. The molecule has 1 saturated heterocycles. The van der Waals surface area contributed by atoms with E-state index in [1.807, 2.05) is 19.9 Å². The third-order valence-corrected chi connectivity index (χ3v) is 3.76. The van der Waals surface area contributed by atoms with Crippen molar-refractivity contribution in [1.82, 2.24) is 9.88 Å². The summed E-state index contributed by atoms with van der Waals surface area (Å²) in [5.41, 5.74) is 2.75. The van der Waals surface area contributed by atoms with Gasteiger partial charge in [0.1, 0.15) is 0 Å². The average molecular weight is 250 g/mol. The quantitative estimate of drug-likeness (QED) is 0.799. The van der Waals surface area contributed by atoms with Crippen molar-refractivity contribution >= 4 is 5.78 Å². The van der Waals surface area contributed by atoms with Gasteiger partial charge in [-0.25, -0.2) is 0 Å². The smallest absolute Gasteiger partial charge is 0.178 e. The van der Waals surface area contributed by atoms with Gasteiger partial charge in [-0.15, -0.1) is 0 Å². The fraction of sp³-hybridized carbons (Fsp3) is 0.643. The van der Waals surface area contributed by atoms with Crippen molar-refractivity contribution in [2.24, 2.45) is 0 Å². The van der Waals surface area contributed by atoms with Gasteiger partial charge in [0.05, 0.1) is 13.2 Å². The number of aliphatic hydroxyl groups excluding tert-OH is 1. The molecule has 0 aliphatic carbocycles. The average Bonchev–Trinajstić information content (AvgIpc) is 2.69. The number of carbonyl (C=O) groups excluding carboxylic acids is 1. The van der Waals surface area contributed by atoms with E-state index in [1.54, 1.807) is 0 Å². The minimum atomic E-state index is 0.150. The fourth-order valence-corrected chi connectivity index (χ4v) is 2.76. The fourth-order valence-electron chi connectivity index (χ4n) is 2.76. The monoisotopic (exact) mass is 250 g/mol. The minimum absolute atomic E-state index is 0.150. The van der Waals surface area contributed by atoms with Crippen LogP contribution >= 0.6 is 0 Å². The van der Waals surface area contributed by atoms with Crippen LogP contribution in [-0.2, 0) is 0 Å². The number of aromatic amines is 1. The van der Waals surface area contributed by atoms with Crippen LogP contribution in [0.25, 0.3) is 0 Å². The maximum atomic E-state index is 12.3. The van der Waals surface area contributed by atoms with E-state index >= 15 is 0 Å². The molecule has 1 unspecified atom stereocenters. The van der Waals surface area contributed by atoms with Crippen molar-refractivity contribution in [2.75, 3.05) is 19.7 Å². The summed E-state index contributed by atoms with van der Waals surface area (Å²) in [5, 5.41) is 9.34. The molecule has 0 spiro atoms. The Bertz CT molecular complexity index is 425. The molecule has 1 fully saturated rings. The number of Topliss-reactive ketones (excluding diaryl/α,β-unsaturated/α-hetero) is 1. The topological polar surface area (TPSA) is 56.3 Å². The molecule has 4 nitrogen and oxygen atoms in total. The van der Waals surface area contributed by atoms with E-state index in [1.165, 1.54) is 0 Å². The zero-order valence-electron chi connectivity index (χ0n) is 11.2. The predicted molar refractivity (Wildman–Crippen MR) is 70.9 cm³/mol. The number of hydrogen-bond acceptors (Lipinski definition) is 3. The van der Waals surface area contributed by atoms with Gasteiger partial charge in [0.15, 0.2) is 5.78 Å². The zero-order valence-corrected chi connectivity index (χ0v) is 11.2. The van der Waals surface area contributed by atoms with Crippen LogP contribution in [0.5, 0.6) is 0 Å². The molecule has 100 valence electrons. The minimum Gasteiger partial charge on any atom is -0.395 e. The predicted octanol–water partition coefficient (Wildman–Crippen LogP) is 1.66. The number of nitrogens with one attached hydrogen (secondary N) is 1. The normalized spacial score (nSPS) is 21.2. The molecule has 0 radical (unpaired) electrons.